The highest BCUT2D eigenvalue weighted by Gasteiger charge is 2.19. The summed E-state index contributed by atoms with van der Waals surface area (Å²) in [4.78, 5) is 6.50. The van der Waals surface area contributed by atoms with Crippen LogP contribution in [0, 0.1) is 11.3 Å². The summed E-state index contributed by atoms with van der Waals surface area (Å²) in [7, 11) is 0. The number of rotatable bonds is 4. The van der Waals surface area contributed by atoms with Crippen LogP contribution in [0.3, 0.4) is 0 Å². The molecule has 1 aliphatic rings. The molecule has 90 valence electrons. The Labute approximate surface area is 102 Å². The van der Waals surface area contributed by atoms with Crippen LogP contribution >= 0.6 is 0 Å². The molecule has 1 aromatic heterocycles. The Balaban J connectivity index is 2.03. The van der Waals surface area contributed by atoms with Gasteiger partial charge in [-0.05, 0) is 31.9 Å². The van der Waals surface area contributed by atoms with Crippen molar-refractivity contribution >= 4 is 5.82 Å². The van der Waals surface area contributed by atoms with Gasteiger partial charge in [0.05, 0.1) is 11.7 Å². The molecule has 0 N–H and O–H groups in total. The van der Waals surface area contributed by atoms with Crippen molar-refractivity contribution in [2.75, 3.05) is 24.6 Å². The van der Waals surface area contributed by atoms with Crippen molar-refractivity contribution in [1.29, 1.82) is 5.26 Å². The van der Waals surface area contributed by atoms with Crippen molar-refractivity contribution in [3.63, 3.8) is 0 Å². The predicted octanol–water partition coefficient (Wildman–Crippen LogP) is 1.96. The second kappa shape index (κ2) is 5.65. The lowest BCUT2D eigenvalue weighted by atomic mass is 10.2. The van der Waals surface area contributed by atoms with E-state index in [2.05, 4.69) is 22.9 Å². The summed E-state index contributed by atoms with van der Waals surface area (Å²) < 4.78 is 5.63. The van der Waals surface area contributed by atoms with Crippen molar-refractivity contribution in [2.45, 2.75) is 25.9 Å². The number of hydrogen-bond donors (Lipinski definition) is 0. The third-order valence-corrected chi connectivity index (χ3v) is 3.03. The van der Waals surface area contributed by atoms with Gasteiger partial charge in [-0.2, -0.15) is 5.26 Å². The molecule has 4 nitrogen and oxygen atoms in total. The number of likely N-dealkylation sites (N-methyl/N-ethyl adjacent to an activating group) is 1. The molecule has 17 heavy (non-hydrogen) atoms. The summed E-state index contributed by atoms with van der Waals surface area (Å²) in [6, 6.07) is 5.78. The summed E-state index contributed by atoms with van der Waals surface area (Å²) in [6.07, 6.45) is 4.23. The lowest BCUT2D eigenvalue weighted by Gasteiger charge is -2.24. The van der Waals surface area contributed by atoms with E-state index in [0.717, 1.165) is 38.4 Å². The Morgan fingerprint density at radius 3 is 3.00 bits per heavy atom. The van der Waals surface area contributed by atoms with Crippen LogP contribution in [0.2, 0.25) is 0 Å². The van der Waals surface area contributed by atoms with E-state index in [1.165, 1.54) is 0 Å². The van der Waals surface area contributed by atoms with E-state index in [-0.39, 0.29) is 0 Å². The molecule has 0 aromatic carbocycles. The lowest BCUT2D eigenvalue weighted by molar-refractivity contribution is 0.115. The van der Waals surface area contributed by atoms with Crippen LogP contribution in [0.5, 0.6) is 0 Å². The Kier molecular flexibility index (Phi) is 3.94. The third kappa shape index (κ3) is 2.95. The van der Waals surface area contributed by atoms with Crippen LogP contribution in [-0.2, 0) is 4.74 Å². The SMILES string of the molecule is CCN(CC1CCCO1)c1ccc(C#N)cn1. The fraction of sp³-hybridized carbons (Fsp3) is 0.538. The summed E-state index contributed by atoms with van der Waals surface area (Å²) in [6.45, 7) is 4.77. The Bertz CT molecular complexity index is 390. The topological polar surface area (TPSA) is 49.1 Å². The zero-order chi connectivity index (χ0) is 12.1. The van der Waals surface area contributed by atoms with Crippen LogP contribution in [0.1, 0.15) is 25.3 Å². The molecule has 0 aliphatic carbocycles. The van der Waals surface area contributed by atoms with Crippen LogP contribution in [0.4, 0.5) is 5.82 Å². The van der Waals surface area contributed by atoms with Gasteiger partial charge in [0, 0.05) is 25.9 Å². The van der Waals surface area contributed by atoms with Gasteiger partial charge in [-0.1, -0.05) is 0 Å². The molecule has 1 saturated heterocycles. The maximum absolute atomic E-state index is 8.73. The second-order valence-corrected chi connectivity index (χ2v) is 4.19. The summed E-state index contributed by atoms with van der Waals surface area (Å²) in [5.41, 5.74) is 0.599. The van der Waals surface area contributed by atoms with E-state index in [0.29, 0.717) is 11.7 Å². The summed E-state index contributed by atoms with van der Waals surface area (Å²) in [5.74, 6) is 0.919. The molecule has 0 spiro atoms. The molecule has 1 unspecified atom stereocenters. The minimum atomic E-state index is 0.326. The van der Waals surface area contributed by atoms with Crippen LogP contribution in [-0.4, -0.2) is 30.8 Å². The van der Waals surface area contributed by atoms with Gasteiger partial charge >= 0.3 is 0 Å². The first-order valence-electron chi connectivity index (χ1n) is 6.06. The minimum Gasteiger partial charge on any atom is -0.376 e. The molecule has 2 rings (SSSR count). The highest BCUT2D eigenvalue weighted by Crippen LogP contribution is 2.17. The number of aromatic nitrogens is 1. The van der Waals surface area contributed by atoms with Gasteiger partial charge in [0.1, 0.15) is 11.9 Å². The van der Waals surface area contributed by atoms with Crippen molar-refractivity contribution in [3.8, 4) is 6.07 Å². The molecule has 1 atom stereocenters. The quantitative estimate of drug-likeness (QED) is 0.794. The third-order valence-electron chi connectivity index (χ3n) is 3.03. The highest BCUT2D eigenvalue weighted by atomic mass is 16.5. The molecule has 4 heteroatoms. The molecule has 0 radical (unpaired) electrons. The fourth-order valence-electron chi connectivity index (χ4n) is 2.06. The first kappa shape index (κ1) is 11.9. The number of nitrogens with zero attached hydrogens (tertiary/aromatic N) is 3. The molecule has 1 aliphatic heterocycles. The lowest BCUT2D eigenvalue weighted by Crippen LogP contribution is -2.32. The standard InChI is InChI=1S/C13H17N3O/c1-2-16(10-12-4-3-7-17-12)13-6-5-11(8-14)9-15-13/h5-6,9,12H,2-4,7,10H2,1H3. The molecule has 0 saturated carbocycles. The molecule has 0 amide bonds. The highest BCUT2D eigenvalue weighted by molar-refractivity contribution is 5.41. The van der Waals surface area contributed by atoms with Crippen LogP contribution in [0.25, 0.3) is 0 Å². The fourth-order valence-corrected chi connectivity index (χ4v) is 2.06. The Morgan fingerprint density at radius 2 is 2.47 bits per heavy atom. The molecular weight excluding hydrogens is 214 g/mol. The van der Waals surface area contributed by atoms with Gasteiger partial charge in [-0.3, -0.25) is 0 Å². The average molecular weight is 231 g/mol. The smallest absolute Gasteiger partial charge is 0.128 e. The Hall–Kier alpha value is -1.60. The number of pyridine rings is 1. The van der Waals surface area contributed by atoms with E-state index in [4.69, 9.17) is 10.00 Å². The van der Waals surface area contributed by atoms with Gasteiger partial charge in [0.25, 0.3) is 0 Å². The van der Waals surface area contributed by atoms with Crippen molar-refractivity contribution in [1.82, 2.24) is 4.98 Å². The van der Waals surface area contributed by atoms with E-state index >= 15 is 0 Å². The van der Waals surface area contributed by atoms with E-state index in [1.54, 1.807) is 12.3 Å². The molecule has 0 bridgehead atoms. The van der Waals surface area contributed by atoms with Crippen LogP contribution in [0.15, 0.2) is 18.3 Å². The zero-order valence-electron chi connectivity index (χ0n) is 10.1. The van der Waals surface area contributed by atoms with Crippen LogP contribution < -0.4 is 4.90 Å². The van der Waals surface area contributed by atoms with Gasteiger partial charge < -0.3 is 9.64 Å². The van der Waals surface area contributed by atoms with E-state index in [9.17, 15) is 0 Å². The minimum absolute atomic E-state index is 0.326. The maximum atomic E-state index is 8.73. The molecular formula is C13H17N3O. The van der Waals surface area contributed by atoms with E-state index in [1.807, 2.05) is 6.07 Å². The van der Waals surface area contributed by atoms with Crippen molar-refractivity contribution in [2.24, 2.45) is 0 Å². The summed E-state index contributed by atoms with van der Waals surface area (Å²) in [5, 5.41) is 8.73. The van der Waals surface area contributed by atoms with Gasteiger partial charge in [-0.25, -0.2) is 4.98 Å². The maximum Gasteiger partial charge on any atom is 0.128 e. The van der Waals surface area contributed by atoms with Gasteiger partial charge in [0.2, 0.25) is 0 Å². The molecule has 1 aromatic rings. The number of anilines is 1. The Morgan fingerprint density at radius 1 is 1.59 bits per heavy atom. The first-order valence-corrected chi connectivity index (χ1v) is 6.06. The van der Waals surface area contributed by atoms with Crippen molar-refractivity contribution < 1.29 is 4.74 Å². The van der Waals surface area contributed by atoms with Gasteiger partial charge in [-0.15, -0.1) is 0 Å². The monoisotopic (exact) mass is 231 g/mol. The number of nitriles is 1. The largest absolute Gasteiger partial charge is 0.376 e. The molecule has 1 fully saturated rings. The first-order chi connectivity index (χ1) is 8.33. The normalized spacial score (nSPS) is 18.9. The van der Waals surface area contributed by atoms with Gasteiger partial charge in [0.15, 0.2) is 0 Å². The molecule has 2 heterocycles. The van der Waals surface area contributed by atoms with E-state index < -0.39 is 0 Å². The van der Waals surface area contributed by atoms with Crippen molar-refractivity contribution in [3.05, 3.63) is 23.9 Å². The predicted molar refractivity (Wildman–Crippen MR) is 65.8 cm³/mol. The number of ether oxygens (including phenoxy) is 1. The zero-order valence-corrected chi connectivity index (χ0v) is 10.1. The second-order valence-electron chi connectivity index (χ2n) is 4.19. The number of hydrogen-bond acceptors (Lipinski definition) is 4. The average Bonchev–Trinajstić information content (AvgIpc) is 2.89. The summed E-state index contributed by atoms with van der Waals surface area (Å²) >= 11 is 0.